The predicted molar refractivity (Wildman–Crippen MR) is 71.3 cm³/mol. The van der Waals surface area contributed by atoms with Crippen LogP contribution in [-0.4, -0.2) is 41.3 Å². The smallest absolute Gasteiger partial charge is 0.270 e. The first-order valence-electron chi connectivity index (χ1n) is 6.40. The van der Waals surface area contributed by atoms with Crippen LogP contribution in [0.25, 0.3) is 0 Å². The lowest BCUT2D eigenvalue weighted by Crippen LogP contribution is -2.34. The normalized spacial score (nSPS) is 15.3. The van der Waals surface area contributed by atoms with E-state index in [0.717, 1.165) is 12.1 Å². The van der Waals surface area contributed by atoms with E-state index < -0.39 is 16.6 Å². The lowest BCUT2D eigenvalue weighted by Gasteiger charge is -2.20. The first kappa shape index (κ1) is 14.9. The molecule has 0 spiro atoms. The SMILES string of the molecule is Cc1cc([N+](=O)[O-])cc(C(=O)N2CCNC(=O)CC2)c1F. The number of nitro groups is 1. The number of aryl methyl sites for hydroxylation is 1. The topological polar surface area (TPSA) is 92.6 Å². The van der Waals surface area contributed by atoms with Crippen LogP contribution in [0.3, 0.4) is 0 Å². The molecule has 1 saturated heterocycles. The number of amides is 2. The fourth-order valence-electron chi connectivity index (χ4n) is 2.15. The van der Waals surface area contributed by atoms with Crippen LogP contribution in [0.5, 0.6) is 0 Å². The van der Waals surface area contributed by atoms with Gasteiger partial charge in [0, 0.05) is 38.2 Å². The Kier molecular flexibility index (Phi) is 4.15. The molecule has 0 aliphatic carbocycles. The standard InChI is InChI=1S/C13H14FN3O4/c1-8-6-9(17(20)21)7-10(12(8)14)13(19)16-4-2-11(18)15-3-5-16/h6-7H,2-5H2,1H3,(H,15,18). The molecule has 2 amide bonds. The second kappa shape index (κ2) is 5.86. The van der Waals surface area contributed by atoms with Gasteiger partial charge in [0.1, 0.15) is 5.82 Å². The fourth-order valence-corrected chi connectivity index (χ4v) is 2.15. The summed E-state index contributed by atoms with van der Waals surface area (Å²) in [6, 6.07) is 2.02. The summed E-state index contributed by atoms with van der Waals surface area (Å²) in [6.45, 7) is 2.05. The Morgan fingerprint density at radius 1 is 1.43 bits per heavy atom. The van der Waals surface area contributed by atoms with Crippen LogP contribution in [0, 0.1) is 22.9 Å². The Morgan fingerprint density at radius 3 is 2.81 bits per heavy atom. The molecule has 0 unspecified atom stereocenters. The number of carbonyl (C=O) groups excluding carboxylic acids is 2. The molecule has 1 aromatic carbocycles. The molecule has 0 atom stereocenters. The average Bonchev–Trinajstić information content (AvgIpc) is 2.65. The minimum Gasteiger partial charge on any atom is -0.354 e. The quantitative estimate of drug-likeness (QED) is 0.651. The third-order valence-electron chi connectivity index (χ3n) is 3.28. The highest BCUT2D eigenvalue weighted by Crippen LogP contribution is 2.22. The molecular formula is C13H14FN3O4. The van der Waals surface area contributed by atoms with Gasteiger partial charge in [0.25, 0.3) is 11.6 Å². The molecule has 1 heterocycles. The number of benzene rings is 1. The van der Waals surface area contributed by atoms with Gasteiger partial charge in [-0.15, -0.1) is 0 Å². The van der Waals surface area contributed by atoms with Crippen LogP contribution >= 0.6 is 0 Å². The average molecular weight is 295 g/mol. The van der Waals surface area contributed by atoms with Gasteiger partial charge in [-0.1, -0.05) is 0 Å². The Hall–Kier alpha value is -2.51. The Morgan fingerprint density at radius 2 is 2.14 bits per heavy atom. The van der Waals surface area contributed by atoms with Crippen molar-refractivity contribution in [1.82, 2.24) is 10.2 Å². The molecule has 0 aromatic heterocycles. The van der Waals surface area contributed by atoms with Gasteiger partial charge in [0.2, 0.25) is 5.91 Å². The van der Waals surface area contributed by atoms with Crippen molar-refractivity contribution in [1.29, 1.82) is 0 Å². The zero-order valence-electron chi connectivity index (χ0n) is 11.4. The van der Waals surface area contributed by atoms with Crippen LogP contribution in [0.15, 0.2) is 12.1 Å². The number of carbonyl (C=O) groups is 2. The van der Waals surface area contributed by atoms with E-state index in [-0.39, 0.29) is 48.8 Å². The van der Waals surface area contributed by atoms with E-state index in [0.29, 0.717) is 0 Å². The molecule has 0 saturated carbocycles. The summed E-state index contributed by atoms with van der Waals surface area (Å²) in [5.41, 5.74) is -0.631. The van der Waals surface area contributed by atoms with Crippen LogP contribution in [-0.2, 0) is 4.79 Å². The lowest BCUT2D eigenvalue weighted by molar-refractivity contribution is -0.385. The van der Waals surface area contributed by atoms with Crippen molar-refractivity contribution in [3.63, 3.8) is 0 Å². The number of rotatable bonds is 2. The third kappa shape index (κ3) is 3.15. The fraction of sp³-hybridized carbons (Fsp3) is 0.385. The second-order valence-corrected chi connectivity index (χ2v) is 4.77. The van der Waals surface area contributed by atoms with Crippen LogP contribution < -0.4 is 5.32 Å². The van der Waals surface area contributed by atoms with Crippen molar-refractivity contribution < 1.29 is 18.9 Å². The Bertz CT molecular complexity index is 618. The van der Waals surface area contributed by atoms with Crippen molar-refractivity contribution in [3.05, 3.63) is 39.2 Å². The largest absolute Gasteiger partial charge is 0.354 e. The number of nitrogens with one attached hydrogen (secondary N) is 1. The minimum atomic E-state index is -0.769. The number of nitrogens with zero attached hydrogens (tertiary/aromatic N) is 2. The van der Waals surface area contributed by atoms with Gasteiger partial charge in [0.15, 0.2) is 0 Å². The van der Waals surface area contributed by atoms with E-state index in [4.69, 9.17) is 0 Å². The van der Waals surface area contributed by atoms with E-state index in [1.165, 1.54) is 11.8 Å². The van der Waals surface area contributed by atoms with Gasteiger partial charge < -0.3 is 10.2 Å². The first-order chi connectivity index (χ1) is 9.90. The summed E-state index contributed by atoms with van der Waals surface area (Å²) in [6.07, 6.45) is 0.126. The maximum atomic E-state index is 14.1. The molecule has 0 bridgehead atoms. The van der Waals surface area contributed by atoms with Gasteiger partial charge in [-0.05, 0) is 12.5 Å². The van der Waals surface area contributed by atoms with E-state index >= 15 is 0 Å². The molecule has 1 aliphatic heterocycles. The number of nitro benzene ring substituents is 1. The Balaban J connectivity index is 2.34. The third-order valence-corrected chi connectivity index (χ3v) is 3.28. The summed E-state index contributed by atoms with van der Waals surface area (Å²) in [4.78, 5) is 35.0. The van der Waals surface area contributed by atoms with Crippen molar-refractivity contribution >= 4 is 17.5 Å². The zero-order valence-corrected chi connectivity index (χ0v) is 11.4. The van der Waals surface area contributed by atoms with Crippen molar-refractivity contribution in [2.45, 2.75) is 13.3 Å². The number of halogens is 1. The molecule has 112 valence electrons. The maximum absolute atomic E-state index is 14.1. The summed E-state index contributed by atoms with van der Waals surface area (Å²) in [5.74, 6) is -1.59. The molecule has 1 aliphatic rings. The number of non-ortho nitro benzene ring substituents is 1. The lowest BCUT2D eigenvalue weighted by atomic mass is 10.1. The van der Waals surface area contributed by atoms with Gasteiger partial charge in [-0.25, -0.2) is 4.39 Å². The van der Waals surface area contributed by atoms with Gasteiger partial charge in [-0.2, -0.15) is 0 Å². The highest BCUT2D eigenvalue weighted by molar-refractivity contribution is 5.96. The predicted octanol–water partition coefficient (Wildman–Crippen LogP) is 1.00. The van der Waals surface area contributed by atoms with E-state index in [9.17, 15) is 24.1 Å². The molecule has 1 fully saturated rings. The van der Waals surface area contributed by atoms with Gasteiger partial charge in [0.05, 0.1) is 10.5 Å². The van der Waals surface area contributed by atoms with E-state index in [1.54, 1.807) is 0 Å². The van der Waals surface area contributed by atoms with Crippen LogP contribution in [0.1, 0.15) is 22.3 Å². The minimum absolute atomic E-state index is 0.0385. The highest BCUT2D eigenvalue weighted by atomic mass is 19.1. The first-order valence-corrected chi connectivity index (χ1v) is 6.40. The van der Waals surface area contributed by atoms with Crippen molar-refractivity contribution in [2.24, 2.45) is 0 Å². The molecule has 7 nitrogen and oxygen atoms in total. The second-order valence-electron chi connectivity index (χ2n) is 4.77. The summed E-state index contributed by atoms with van der Waals surface area (Å²) in [5, 5.41) is 13.4. The summed E-state index contributed by atoms with van der Waals surface area (Å²) in [7, 11) is 0. The zero-order chi connectivity index (χ0) is 15.6. The van der Waals surface area contributed by atoms with Crippen molar-refractivity contribution in [2.75, 3.05) is 19.6 Å². The number of hydrogen-bond acceptors (Lipinski definition) is 4. The molecule has 1 N–H and O–H groups in total. The highest BCUT2D eigenvalue weighted by Gasteiger charge is 2.25. The Labute approximate surface area is 119 Å². The number of hydrogen-bond donors (Lipinski definition) is 1. The molecule has 8 heteroatoms. The van der Waals surface area contributed by atoms with Crippen molar-refractivity contribution in [3.8, 4) is 0 Å². The van der Waals surface area contributed by atoms with E-state index in [1.807, 2.05) is 0 Å². The molecule has 1 aromatic rings. The molecule has 21 heavy (non-hydrogen) atoms. The van der Waals surface area contributed by atoms with Crippen LogP contribution in [0.2, 0.25) is 0 Å². The summed E-state index contributed by atoms with van der Waals surface area (Å²) >= 11 is 0. The molecule has 2 rings (SSSR count). The van der Waals surface area contributed by atoms with Crippen LogP contribution in [0.4, 0.5) is 10.1 Å². The monoisotopic (exact) mass is 295 g/mol. The molecule has 0 radical (unpaired) electrons. The van der Waals surface area contributed by atoms with E-state index in [2.05, 4.69) is 5.32 Å². The molecular weight excluding hydrogens is 281 g/mol. The van der Waals surface area contributed by atoms with Gasteiger partial charge in [-0.3, -0.25) is 19.7 Å². The summed E-state index contributed by atoms with van der Waals surface area (Å²) < 4.78 is 14.1. The van der Waals surface area contributed by atoms with Gasteiger partial charge >= 0.3 is 0 Å². The maximum Gasteiger partial charge on any atom is 0.270 e.